The Labute approximate surface area is 236 Å². The van der Waals surface area contributed by atoms with Crippen LogP contribution in [0.3, 0.4) is 0 Å². The number of nitrogens with zero attached hydrogens (tertiary/aromatic N) is 4. The SMILES string of the molecule is [C-]#[N+]c1cc2c(=O)n(CCCCCCCCCCCC)c(=O)c3cc(C#N)c4c5cc(C#N)ccc5sc1c4c23. The smallest absolute Gasteiger partial charge is 0.261 e. The van der Waals surface area contributed by atoms with Crippen LogP contribution in [-0.2, 0) is 6.54 Å². The predicted molar refractivity (Wildman–Crippen MR) is 164 cm³/mol. The molecule has 0 spiro atoms. The van der Waals surface area contributed by atoms with Crippen LogP contribution in [0.25, 0.3) is 46.6 Å². The van der Waals surface area contributed by atoms with Gasteiger partial charge in [0.2, 0.25) is 5.69 Å². The van der Waals surface area contributed by atoms with Crippen LogP contribution in [0.2, 0.25) is 0 Å². The van der Waals surface area contributed by atoms with Crippen LogP contribution in [0, 0.1) is 29.2 Å². The lowest BCUT2D eigenvalue weighted by Gasteiger charge is -2.16. The Morgan fingerprint density at radius 2 is 1.45 bits per heavy atom. The van der Waals surface area contributed by atoms with E-state index < -0.39 is 0 Å². The van der Waals surface area contributed by atoms with Crippen LogP contribution >= 0.6 is 11.3 Å². The minimum absolute atomic E-state index is 0.301. The maximum absolute atomic E-state index is 13.7. The maximum Gasteiger partial charge on any atom is 0.261 e. The van der Waals surface area contributed by atoms with Crippen molar-refractivity contribution >= 4 is 58.7 Å². The van der Waals surface area contributed by atoms with Gasteiger partial charge in [0.15, 0.2) is 0 Å². The van der Waals surface area contributed by atoms with E-state index in [2.05, 4.69) is 23.9 Å². The average Bonchev–Trinajstić information content (AvgIpc) is 2.98. The Kier molecular flexibility index (Phi) is 8.11. The van der Waals surface area contributed by atoms with Crippen molar-refractivity contribution in [3.8, 4) is 12.1 Å². The van der Waals surface area contributed by atoms with E-state index in [1.54, 1.807) is 24.3 Å². The molecular formula is C33H30N4O2S. The van der Waals surface area contributed by atoms with Gasteiger partial charge in [-0.2, -0.15) is 10.5 Å². The van der Waals surface area contributed by atoms with Crippen LogP contribution < -0.4 is 11.1 Å². The van der Waals surface area contributed by atoms with Crippen LogP contribution in [-0.4, -0.2) is 4.57 Å². The van der Waals surface area contributed by atoms with Crippen molar-refractivity contribution in [2.24, 2.45) is 0 Å². The van der Waals surface area contributed by atoms with E-state index in [1.807, 2.05) is 6.07 Å². The molecule has 3 aromatic carbocycles. The van der Waals surface area contributed by atoms with Gasteiger partial charge in [-0.25, -0.2) is 4.85 Å². The van der Waals surface area contributed by atoms with E-state index in [-0.39, 0.29) is 11.1 Å². The van der Waals surface area contributed by atoms with E-state index in [9.17, 15) is 20.1 Å². The molecule has 5 aromatic rings. The normalized spacial score (nSPS) is 11.3. The summed E-state index contributed by atoms with van der Waals surface area (Å²) in [6.45, 7) is 10.4. The molecule has 0 aliphatic carbocycles. The second-order valence-electron chi connectivity index (χ2n) is 10.5. The lowest BCUT2D eigenvalue weighted by atomic mass is 9.93. The highest BCUT2D eigenvalue weighted by molar-refractivity contribution is 7.25. The van der Waals surface area contributed by atoms with Crippen molar-refractivity contribution in [1.82, 2.24) is 4.57 Å². The molecular weight excluding hydrogens is 516 g/mol. The Morgan fingerprint density at radius 3 is 2.08 bits per heavy atom. The highest BCUT2D eigenvalue weighted by Gasteiger charge is 2.23. The molecule has 7 heteroatoms. The lowest BCUT2D eigenvalue weighted by molar-refractivity contribution is 0.527. The predicted octanol–water partition coefficient (Wildman–Crippen LogP) is 8.54. The summed E-state index contributed by atoms with van der Waals surface area (Å²) in [5.74, 6) is 0. The summed E-state index contributed by atoms with van der Waals surface area (Å²) in [4.78, 5) is 31.1. The summed E-state index contributed by atoms with van der Waals surface area (Å²) in [6.07, 6.45) is 11.5. The third kappa shape index (κ3) is 4.81. The van der Waals surface area contributed by atoms with Gasteiger partial charge in [0.05, 0.1) is 29.8 Å². The Hall–Kier alpha value is -4.25. The van der Waals surface area contributed by atoms with Gasteiger partial charge in [-0.1, -0.05) is 64.7 Å². The summed E-state index contributed by atoms with van der Waals surface area (Å²) in [7, 11) is 0. The molecule has 0 bridgehead atoms. The van der Waals surface area contributed by atoms with Gasteiger partial charge in [-0.3, -0.25) is 14.2 Å². The van der Waals surface area contributed by atoms with E-state index >= 15 is 0 Å². The number of unbranched alkanes of at least 4 members (excludes halogenated alkanes) is 9. The second-order valence-corrected chi connectivity index (χ2v) is 11.5. The summed E-state index contributed by atoms with van der Waals surface area (Å²) in [6, 6.07) is 12.8. The molecule has 0 unspecified atom stereocenters. The Balaban J connectivity index is 1.57. The standard InChI is InChI=1S/C33H30N4O2S/c1-3-4-5-6-7-8-9-10-11-12-15-37-32(38)24-17-22(20-35)28-23-16-21(19-34)13-14-27(23)40-31-26(36-2)18-25(33(37)39)29(24)30(28)31/h13-14,16-18H,3-12,15H2,1H3. The van der Waals surface area contributed by atoms with Gasteiger partial charge in [-0.05, 0) is 42.1 Å². The van der Waals surface area contributed by atoms with Crippen molar-refractivity contribution in [2.45, 2.75) is 77.7 Å². The molecule has 0 saturated heterocycles. The van der Waals surface area contributed by atoms with Crippen molar-refractivity contribution < 1.29 is 0 Å². The lowest BCUT2D eigenvalue weighted by Crippen LogP contribution is -2.33. The molecule has 40 heavy (non-hydrogen) atoms. The van der Waals surface area contributed by atoms with Crippen LogP contribution in [0.1, 0.15) is 82.3 Å². The summed E-state index contributed by atoms with van der Waals surface area (Å²) < 4.78 is 2.76. The first-order valence-electron chi connectivity index (χ1n) is 14.1. The van der Waals surface area contributed by atoms with E-state index in [0.717, 1.165) is 30.4 Å². The fourth-order valence-electron chi connectivity index (χ4n) is 5.82. The molecule has 0 radical (unpaired) electrons. The minimum Gasteiger partial charge on any atom is -0.274 e. The zero-order valence-electron chi connectivity index (χ0n) is 22.7. The monoisotopic (exact) mass is 546 g/mol. The number of pyridine rings is 1. The van der Waals surface area contributed by atoms with Crippen LogP contribution in [0.5, 0.6) is 0 Å². The van der Waals surface area contributed by atoms with E-state index in [0.29, 0.717) is 60.4 Å². The molecule has 0 fully saturated rings. The molecule has 6 nitrogen and oxygen atoms in total. The average molecular weight is 547 g/mol. The molecule has 2 aromatic heterocycles. The number of aromatic nitrogens is 1. The van der Waals surface area contributed by atoms with Crippen molar-refractivity contribution in [3.63, 3.8) is 0 Å². The topological polar surface area (TPSA) is 91.0 Å². The van der Waals surface area contributed by atoms with Crippen molar-refractivity contribution in [1.29, 1.82) is 10.5 Å². The first kappa shape index (κ1) is 27.3. The Morgan fingerprint density at radius 1 is 0.800 bits per heavy atom. The Bertz CT molecular complexity index is 1950. The van der Waals surface area contributed by atoms with Crippen molar-refractivity contribution in [2.75, 3.05) is 0 Å². The van der Waals surface area contributed by atoms with E-state index in [4.69, 9.17) is 6.57 Å². The zero-order valence-corrected chi connectivity index (χ0v) is 23.5. The van der Waals surface area contributed by atoms with Crippen LogP contribution in [0.4, 0.5) is 5.69 Å². The molecule has 5 rings (SSSR count). The van der Waals surface area contributed by atoms with Crippen molar-refractivity contribution in [3.05, 3.63) is 73.6 Å². The summed E-state index contributed by atoms with van der Waals surface area (Å²) in [5.41, 5.74) is 0.301. The maximum atomic E-state index is 13.7. The first-order chi connectivity index (χ1) is 19.5. The van der Waals surface area contributed by atoms with Gasteiger partial charge in [0.25, 0.3) is 11.1 Å². The fourth-order valence-corrected chi connectivity index (χ4v) is 6.96. The summed E-state index contributed by atoms with van der Waals surface area (Å²) in [5, 5.41) is 22.7. The second kappa shape index (κ2) is 11.9. The number of nitriles is 2. The highest BCUT2D eigenvalue weighted by atomic mass is 32.1. The number of fused-ring (bicyclic) bond motifs is 2. The zero-order chi connectivity index (χ0) is 28.2. The molecule has 0 aliphatic heterocycles. The molecule has 200 valence electrons. The third-order valence-electron chi connectivity index (χ3n) is 7.85. The quantitative estimate of drug-likeness (QED) is 0.0718. The fraction of sp³-hybridized carbons (Fsp3) is 0.364. The van der Waals surface area contributed by atoms with E-state index in [1.165, 1.54) is 54.4 Å². The molecule has 2 heterocycles. The highest BCUT2D eigenvalue weighted by Crippen LogP contribution is 2.45. The van der Waals surface area contributed by atoms with Crippen LogP contribution in [0.15, 0.2) is 39.9 Å². The van der Waals surface area contributed by atoms with Gasteiger partial charge in [0, 0.05) is 42.9 Å². The van der Waals surface area contributed by atoms with Gasteiger partial charge < -0.3 is 0 Å². The molecule has 0 aliphatic rings. The number of hydrogen-bond donors (Lipinski definition) is 0. The largest absolute Gasteiger partial charge is 0.274 e. The molecule has 0 atom stereocenters. The van der Waals surface area contributed by atoms with Gasteiger partial charge in [-0.15, -0.1) is 11.3 Å². The number of benzene rings is 3. The first-order valence-corrected chi connectivity index (χ1v) is 14.9. The molecule has 0 amide bonds. The third-order valence-corrected chi connectivity index (χ3v) is 9.05. The molecule has 0 saturated carbocycles. The molecule has 0 N–H and O–H groups in total. The minimum atomic E-state index is -0.389. The summed E-state index contributed by atoms with van der Waals surface area (Å²) >= 11 is 1.38. The number of rotatable bonds is 11. The number of hydrogen-bond acceptors (Lipinski definition) is 5. The van der Waals surface area contributed by atoms with Gasteiger partial charge in [0.1, 0.15) is 0 Å². The van der Waals surface area contributed by atoms with Gasteiger partial charge >= 0.3 is 0 Å².